The first kappa shape index (κ1) is 19.9. The van der Waals surface area contributed by atoms with Crippen LogP contribution < -0.4 is 15.4 Å². The van der Waals surface area contributed by atoms with E-state index in [4.69, 9.17) is 9.47 Å². The van der Waals surface area contributed by atoms with E-state index in [1.807, 2.05) is 18.2 Å². The van der Waals surface area contributed by atoms with Gasteiger partial charge in [0.2, 0.25) is 0 Å². The second-order valence-corrected chi connectivity index (χ2v) is 6.26. The third kappa shape index (κ3) is 4.89. The molecule has 2 aromatic carbocycles. The normalized spacial score (nSPS) is 18.3. The number of ether oxygens (including phenoxy) is 2. The van der Waals surface area contributed by atoms with E-state index in [2.05, 4.69) is 17.2 Å². The van der Waals surface area contributed by atoms with Gasteiger partial charge in [-0.15, -0.1) is 0 Å². The molecule has 1 aliphatic heterocycles. The van der Waals surface area contributed by atoms with Crippen molar-refractivity contribution in [2.75, 3.05) is 13.2 Å². The van der Waals surface area contributed by atoms with Gasteiger partial charge in [0.1, 0.15) is 24.9 Å². The van der Waals surface area contributed by atoms with E-state index in [1.54, 1.807) is 18.2 Å². The number of carbonyl (C=O) groups is 2. The Morgan fingerprint density at radius 2 is 1.90 bits per heavy atom. The lowest BCUT2D eigenvalue weighted by Crippen LogP contribution is -2.51. The molecule has 3 rings (SSSR count). The first-order valence-corrected chi connectivity index (χ1v) is 8.81. The lowest BCUT2D eigenvalue weighted by atomic mass is 9.89. The number of amides is 2. The maximum atomic E-state index is 12.7. The number of hydrogen-bond donors (Lipinski definition) is 2. The van der Waals surface area contributed by atoms with Crippen LogP contribution in [0.1, 0.15) is 11.6 Å². The molecule has 0 saturated carbocycles. The Labute approximate surface area is 166 Å². The largest absolute Gasteiger partial charge is 0.490 e. The van der Waals surface area contributed by atoms with Crippen LogP contribution in [0.25, 0.3) is 0 Å². The van der Waals surface area contributed by atoms with Gasteiger partial charge >= 0.3 is 12.0 Å². The minimum Gasteiger partial charge on any atom is -0.490 e. The Morgan fingerprint density at radius 1 is 1.14 bits per heavy atom. The fourth-order valence-electron chi connectivity index (χ4n) is 2.98. The molecule has 2 N–H and O–H groups in total. The van der Waals surface area contributed by atoms with Crippen LogP contribution in [0.4, 0.5) is 10.5 Å². The fraction of sp³-hybridized carbons (Fsp3) is 0.200. The van der Waals surface area contributed by atoms with Gasteiger partial charge in [0.15, 0.2) is 0 Å². The summed E-state index contributed by atoms with van der Waals surface area (Å²) >= 11 is 0. The van der Waals surface area contributed by atoms with Gasteiger partial charge in [-0.25, -0.2) is 4.79 Å². The van der Waals surface area contributed by atoms with Crippen molar-refractivity contribution >= 4 is 17.7 Å². The van der Waals surface area contributed by atoms with Crippen molar-refractivity contribution in [3.05, 3.63) is 82.6 Å². The molecule has 1 saturated heterocycles. The van der Waals surface area contributed by atoms with Crippen LogP contribution in [0.5, 0.6) is 5.75 Å². The van der Waals surface area contributed by atoms with Gasteiger partial charge in [-0.1, -0.05) is 36.9 Å². The predicted octanol–water partition coefficient (Wildman–Crippen LogP) is 2.70. The summed E-state index contributed by atoms with van der Waals surface area (Å²) in [5.41, 5.74) is 0.404. The predicted molar refractivity (Wildman–Crippen MR) is 103 cm³/mol. The highest BCUT2D eigenvalue weighted by molar-refractivity contribution is 5.85. The van der Waals surface area contributed by atoms with Gasteiger partial charge in [-0.3, -0.25) is 14.9 Å². The quantitative estimate of drug-likeness (QED) is 0.321. The van der Waals surface area contributed by atoms with E-state index >= 15 is 0 Å². The number of nitrogens with zero attached hydrogens (tertiary/aromatic N) is 1. The number of nitrogens with one attached hydrogen (secondary N) is 2. The van der Waals surface area contributed by atoms with Crippen LogP contribution in [0, 0.1) is 16.0 Å². The summed E-state index contributed by atoms with van der Waals surface area (Å²) in [6, 6.07) is 13.4. The van der Waals surface area contributed by atoms with Gasteiger partial charge in [-0.05, 0) is 17.7 Å². The number of benzene rings is 2. The van der Waals surface area contributed by atoms with Gasteiger partial charge in [0, 0.05) is 17.8 Å². The third-order valence-electron chi connectivity index (χ3n) is 4.30. The highest BCUT2D eigenvalue weighted by Crippen LogP contribution is 2.32. The van der Waals surface area contributed by atoms with Crippen LogP contribution >= 0.6 is 0 Å². The van der Waals surface area contributed by atoms with E-state index in [9.17, 15) is 19.7 Å². The summed E-state index contributed by atoms with van der Waals surface area (Å²) in [4.78, 5) is 35.0. The topological polar surface area (TPSA) is 120 Å². The average molecular weight is 397 g/mol. The minimum atomic E-state index is -0.952. The van der Waals surface area contributed by atoms with Crippen LogP contribution in [0.15, 0.2) is 66.9 Å². The number of nitro benzene ring substituents is 1. The molecule has 0 aliphatic carbocycles. The Kier molecular flexibility index (Phi) is 6.08. The molecule has 1 fully saturated rings. The number of rotatable bonds is 7. The number of carbonyl (C=O) groups excluding carboxylic acids is 2. The van der Waals surface area contributed by atoms with Gasteiger partial charge < -0.3 is 20.1 Å². The highest BCUT2D eigenvalue weighted by atomic mass is 16.6. The number of urea groups is 1. The number of non-ortho nitro benzene ring substituents is 1. The molecule has 29 heavy (non-hydrogen) atoms. The van der Waals surface area contributed by atoms with Crippen molar-refractivity contribution in [2.24, 2.45) is 5.92 Å². The van der Waals surface area contributed by atoms with E-state index in [-0.39, 0.29) is 24.6 Å². The molecule has 0 aromatic heterocycles. The summed E-state index contributed by atoms with van der Waals surface area (Å²) in [5.74, 6) is -0.934. The Hall–Kier alpha value is -3.88. The molecule has 0 bridgehead atoms. The maximum Gasteiger partial charge on any atom is 0.319 e. The number of esters is 1. The molecule has 9 nitrogen and oxygen atoms in total. The van der Waals surface area contributed by atoms with Crippen molar-refractivity contribution in [3.63, 3.8) is 0 Å². The van der Waals surface area contributed by atoms with Crippen LogP contribution in [0.2, 0.25) is 0 Å². The molecule has 0 spiro atoms. The van der Waals surface area contributed by atoms with E-state index in [1.165, 1.54) is 18.2 Å². The Bertz CT molecular complexity index is 931. The molecule has 0 unspecified atom stereocenters. The van der Waals surface area contributed by atoms with Crippen molar-refractivity contribution in [1.82, 2.24) is 10.6 Å². The number of hydrogen-bond acceptors (Lipinski definition) is 6. The zero-order chi connectivity index (χ0) is 20.8. The van der Waals surface area contributed by atoms with Crippen molar-refractivity contribution in [2.45, 2.75) is 6.04 Å². The maximum absolute atomic E-state index is 12.7. The first-order valence-electron chi connectivity index (χ1n) is 8.81. The molecule has 1 heterocycles. The summed E-state index contributed by atoms with van der Waals surface area (Å²) in [6.07, 6.45) is 0. The monoisotopic (exact) mass is 397 g/mol. The molecule has 2 atom stereocenters. The minimum absolute atomic E-state index is 0.00683. The molecule has 1 aliphatic rings. The van der Waals surface area contributed by atoms with Crippen molar-refractivity contribution in [3.8, 4) is 5.75 Å². The van der Waals surface area contributed by atoms with Crippen LogP contribution in [0.3, 0.4) is 0 Å². The zero-order valence-corrected chi connectivity index (χ0v) is 15.4. The van der Waals surface area contributed by atoms with Crippen LogP contribution in [-0.4, -0.2) is 30.1 Å². The van der Waals surface area contributed by atoms with Crippen LogP contribution in [-0.2, 0) is 9.53 Å². The van der Waals surface area contributed by atoms with E-state index in [0.29, 0.717) is 11.3 Å². The summed E-state index contributed by atoms with van der Waals surface area (Å²) < 4.78 is 10.8. The second kappa shape index (κ2) is 8.87. The molecular formula is C20H19N3O6. The zero-order valence-electron chi connectivity index (χ0n) is 15.4. The summed E-state index contributed by atoms with van der Waals surface area (Å²) in [7, 11) is 0. The van der Waals surface area contributed by atoms with Gasteiger partial charge in [-0.2, -0.15) is 0 Å². The van der Waals surface area contributed by atoms with Gasteiger partial charge in [0.05, 0.1) is 11.0 Å². The smallest absolute Gasteiger partial charge is 0.319 e. The fourth-order valence-corrected chi connectivity index (χ4v) is 2.98. The molecule has 2 aromatic rings. The summed E-state index contributed by atoms with van der Waals surface area (Å²) in [6.45, 7) is 3.88. The first-order chi connectivity index (χ1) is 14.0. The summed E-state index contributed by atoms with van der Waals surface area (Å²) in [5, 5.41) is 16.1. The Balaban J connectivity index is 1.69. The SMILES string of the molecule is C=C1NC(=O)N[C@H](c2cccc([N+](=O)[O-])c2)[C@H]1C(=O)OCCOc1ccccc1. The van der Waals surface area contributed by atoms with E-state index in [0.717, 1.165) is 0 Å². The highest BCUT2D eigenvalue weighted by Gasteiger charge is 2.39. The molecule has 0 radical (unpaired) electrons. The molecule has 150 valence electrons. The lowest BCUT2D eigenvalue weighted by molar-refractivity contribution is -0.384. The number of nitro groups is 1. The third-order valence-corrected chi connectivity index (χ3v) is 4.30. The molecule has 2 amide bonds. The van der Waals surface area contributed by atoms with Crippen molar-refractivity contribution in [1.29, 1.82) is 0 Å². The van der Waals surface area contributed by atoms with Gasteiger partial charge in [0.25, 0.3) is 5.69 Å². The second-order valence-electron chi connectivity index (χ2n) is 6.26. The van der Waals surface area contributed by atoms with Crippen molar-refractivity contribution < 1.29 is 24.0 Å². The molecule has 9 heteroatoms. The lowest BCUT2D eigenvalue weighted by Gasteiger charge is -2.33. The Morgan fingerprint density at radius 3 is 2.62 bits per heavy atom. The number of para-hydroxylation sites is 1. The average Bonchev–Trinajstić information content (AvgIpc) is 2.71. The van der Waals surface area contributed by atoms with E-state index < -0.39 is 28.9 Å². The standard InChI is InChI=1S/C20H19N3O6/c1-13-17(19(24)29-11-10-28-16-8-3-2-4-9-16)18(22-20(25)21-13)14-6-5-7-15(12-14)23(26)27/h2-9,12,17-18H,1,10-11H2,(H2,21,22,25)/t17-,18+/m0/s1. The molecular weight excluding hydrogens is 378 g/mol.